The zero-order chi connectivity index (χ0) is 14.2. The normalized spacial score (nSPS) is 10.5. The summed E-state index contributed by atoms with van der Waals surface area (Å²) in [5, 5.41) is 0. The number of hydrogen-bond donors (Lipinski definition) is 0. The first-order valence-electron chi connectivity index (χ1n) is 7.51. The third kappa shape index (κ3) is 4.09. The van der Waals surface area contributed by atoms with Crippen LogP contribution in [-0.4, -0.2) is 11.6 Å². The fourth-order valence-corrected chi connectivity index (χ4v) is 2.22. The molecule has 0 N–H and O–H groups in total. The highest BCUT2D eigenvalue weighted by Gasteiger charge is 2.01. The zero-order valence-corrected chi connectivity index (χ0v) is 12.4. The monoisotopic (exact) mass is 269 g/mol. The van der Waals surface area contributed by atoms with Crippen LogP contribution < -0.4 is 4.74 Å². The molecule has 0 aliphatic carbocycles. The number of aryl methyl sites for hydroxylation is 1. The van der Waals surface area contributed by atoms with Gasteiger partial charge in [0.2, 0.25) is 0 Å². The molecular formula is C18H23NO. The predicted octanol–water partition coefficient (Wildman–Crippen LogP) is 4.88. The summed E-state index contributed by atoms with van der Waals surface area (Å²) in [5.41, 5.74) is 3.56. The van der Waals surface area contributed by atoms with Gasteiger partial charge in [0.15, 0.2) is 0 Å². The Morgan fingerprint density at radius 2 is 1.75 bits per heavy atom. The highest BCUT2D eigenvalue weighted by molar-refractivity contribution is 5.59. The first kappa shape index (κ1) is 14.6. The maximum Gasteiger partial charge on any atom is 0.137 e. The minimum absolute atomic E-state index is 0.674. The fraction of sp³-hybridized carbons (Fsp3) is 0.389. The lowest BCUT2D eigenvalue weighted by molar-refractivity contribution is 0.339. The molecule has 0 saturated heterocycles. The van der Waals surface area contributed by atoms with Crippen molar-refractivity contribution < 1.29 is 4.74 Å². The van der Waals surface area contributed by atoms with Crippen LogP contribution in [0, 0.1) is 0 Å². The van der Waals surface area contributed by atoms with Crippen molar-refractivity contribution in [1.82, 2.24) is 4.98 Å². The number of nitrogens with zero attached hydrogens (tertiary/aromatic N) is 1. The largest absolute Gasteiger partial charge is 0.492 e. The molecule has 0 aliphatic heterocycles. The van der Waals surface area contributed by atoms with E-state index in [9.17, 15) is 0 Å². The van der Waals surface area contributed by atoms with Gasteiger partial charge in [0.25, 0.3) is 0 Å². The molecule has 106 valence electrons. The number of aromatic nitrogens is 1. The quantitative estimate of drug-likeness (QED) is 0.668. The fourth-order valence-electron chi connectivity index (χ4n) is 2.22. The Morgan fingerprint density at radius 3 is 2.35 bits per heavy atom. The molecule has 0 fully saturated rings. The van der Waals surface area contributed by atoms with E-state index in [2.05, 4.69) is 36.2 Å². The minimum Gasteiger partial charge on any atom is -0.492 e. The maximum atomic E-state index is 5.41. The zero-order valence-electron chi connectivity index (χ0n) is 12.4. The van der Waals surface area contributed by atoms with Gasteiger partial charge >= 0.3 is 0 Å². The van der Waals surface area contributed by atoms with E-state index in [4.69, 9.17) is 4.74 Å². The van der Waals surface area contributed by atoms with Crippen LogP contribution in [0.15, 0.2) is 42.6 Å². The topological polar surface area (TPSA) is 22.1 Å². The lowest BCUT2D eigenvalue weighted by atomic mass is 10.0. The second-order valence-electron chi connectivity index (χ2n) is 4.97. The Kier molecular flexibility index (Phi) is 5.60. The van der Waals surface area contributed by atoms with Crippen LogP contribution in [0.25, 0.3) is 11.3 Å². The van der Waals surface area contributed by atoms with E-state index in [1.165, 1.54) is 31.2 Å². The summed E-state index contributed by atoms with van der Waals surface area (Å²) in [6.45, 7) is 4.89. The Hall–Kier alpha value is -1.83. The van der Waals surface area contributed by atoms with Crippen LogP contribution in [0.4, 0.5) is 0 Å². The van der Waals surface area contributed by atoms with Crippen molar-refractivity contribution in [2.45, 2.75) is 39.5 Å². The van der Waals surface area contributed by atoms with Gasteiger partial charge in [0.05, 0.1) is 18.5 Å². The molecule has 0 aliphatic rings. The Labute approximate surface area is 121 Å². The second kappa shape index (κ2) is 7.68. The molecule has 0 atom stereocenters. The molecule has 1 heterocycles. The van der Waals surface area contributed by atoms with Crippen LogP contribution in [0.2, 0.25) is 0 Å². The van der Waals surface area contributed by atoms with Crippen LogP contribution in [0.5, 0.6) is 5.75 Å². The van der Waals surface area contributed by atoms with Crippen molar-refractivity contribution in [2.75, 3.05) is 6.61 Å². The van der Waals surface area contributed by atoms with Gasteiger partial charge in [-0.3, -0.25) is 4.98 Å². The van der Waals surface area contributed by atoms with Crippen LogP contribution in [0.1, 0.15) is 38.7 Å². The summed E-state index contributed by atoms with van der Waals surface area (Å²) in [6.07, 6.45) is 6.81. The molecule has 2 heteroatoms. The Morgan fingerprint density at radius 1 is 0.950 bits per heavy atom. The first-order valence-corrected chi connectivity index (χ1v) is 7.51. The number of rotatable bonds is 7. The van der Waals surface area contributed by atoms with Gasteiger partial charge in [-0.05, 0) is 37.5 Å². The van der Waals surface area contributed by atoms with Crippen molar-refractivity contribution in [3.8, 4) is 17.0 Å². The van der Waals surface area contributed by atoms with E-state index in [0.29, 0.717) is 6.61 Å². The van der Waals surface area contributed by atoms with Gasteiger partial charge in [-0.15, -0.1) is 0 Å². The van der Waals surface area contributed by atoms with Crippen molar-refractivity contribution in [3.63, 3.8) is 0 Å². The van der Waals surface area contributed by atoms with Crippen LogP contribution in [0.3, 0.4) is 0 Å². The summed E-state index contributed by atoms with van der Waals surface area (Å²) in [5.74, 6) is 0.826. The van der Waals surface area contributed by atoms with E-state index in [1.807, 2.05) is 19.1 Å². The van der Waals surface area contributed by atoms with Crippen molar-refractivity contribution in [1.29, 1.82) is 0 Å². The molecule has 0 bridgehead atoms. The smallest absolute Gasteiger partial charge is 0.137 e. The molecule has 2 nitrogen and oxygen atoms in total. The molecule has 0 spiro atoms. The molecular weight excluding hydrogens is 246 g/mol. The summed E-state index contributed by atoms with van der Waals surface area (Å²) >= 11 is 0. The maximum absolute atomic E-state index is 5.41. The minimum atomic E-state index is 0.674. The molecule has 2 aromatic rings. The lowest BCUT2D eigenvalue weighted by Gasteiger charge is -2.06. The Bertz CT molecular complexity index is 502. The highest BCUT2D eigenvalue weighted by atomic mass is 16.5. The molecule has 2 rings (SSSR count). The van der Waals surface area contributed by atoms with Crippen molar-refractivity contribution in [2.24, 2.45) is 0 Å². The van der Waals surface area contributed by atoms with Crippen LogP contribution >= 0.6 is 0 Å². The van der Waals surface area contributed by atoms with Gasteiger partial charge in [-0.1, -0.05) is 44.0 Å². The van der Waals surface area contributed by atoms with Crippen molar-refractivity contribution >= 4 is 0 Å². The average molecular weight is 269 g/mol. The summed E-state index contributed by atoms with van der Waals surface area (Å²) < 4.78 is 5.41. The van der Waals surface area contributed by atoms with Crippen LogP contribution in [-0.2, 0) is 6.42 Å². The number of benzene rings is 1. The standard InChI is InChI=1S/C18H23NO/c1-3-5-6-7-15-8-10-16(11-9-15)18-13-12-17(14-19-18)20-4-2/h8-14H,3-7H2,1-2H3. The molecule has 1 aromatic heterocycles. The lowest BCUT2D eigenvalue weighted by Crippen LogP contribution is -1.92. The summed E-state index contributed by atoms with van der Waals surface area (Å²) in [7, 11) is 0. The Balaban J connectivity index is 2.01. The number of ether oxygens (including phenoxy) is 1. The number of hydrogen-bond acceptors (Lipinski definition) is 2. The number of unbranched alkanes of at least 4 members (excludes halogenated alkanes) is 2. The van der Waals surface area contributed by atoms with E-state index >= 15 is 0 Å². The highest BCUT2D eigenvalue weighted by Crippen LogP contribution is 2.20. The van der Waals surface area contributed by atoms with E-state index < -0.39 is 0 Å². The third-order valence-corrected chi connectivity index (χ3v) is 3.37. The van der Waals surface area contributed by atoms with E-state index in [1.54, 1.807) is 6.20 Å². The van der Waals surface area contributed by atoms with Gasteiger partial charge < -0.3 is 4.74 Å². The van der Waals surface area contributed by atoms with Gasteiger partial charge in [-0.2, -0.15) is 0 Å². The third-order valence-electron chi connectivity index (χ3n) is 3.37. The molecule has 20 heavy (non-hydrogen) atoms. The first-order chi connectivity index (χ1) is 9.83. The SMILES string of the molecule is CCCCCc1ccc(-c2ccc(OCC)cn2)cc1. The summed E-state index contributed by atoms with van der Waals surface area (Å²) in [6, 6.07) is 12.7. The average Bonchev–Trinajstić information content (AvgIpc) is 2.49. The predicted molar refractivity (Wildman–Crippen MR) is 84.1 cm³/mol. The summed E-state index contributed by atoms with van der Waals surface area (Å²) in [4.78, 5) is 4.45. The number of pyridine rings is 1. The van der Waals surface area contributed by atoms with Gasteiger partial charge in [0, 0.05) is 5.56 Å². The molecule has 0 amide bonds. The molecule has 0 unspecified atom stereocenters. The van der Waals surface area contributed by atoms with Gasteiger partial charge in [-0.25, -0.2) is 0 Å². The molecule has 0 radical (unpaired) electrons. The van der Waals surface area contributed by atoms with E-state index in [0.717, 1.165) is 17.0 Å². The molecule has 1 aromatic carbocycles. The molecule has 0 saturated carbocycles. The van der Waals surface area contributed by atoms with Crippen molar-refractivity contribution in [3.05, 3.63) is 48.2 Å². The van der Waals surface area contributed by atoms with E-state index in [-0.39, 0.29) is 0 Å². The van der Waals surface area contributed by atoms with Gasteiger partial charge in [0.1, 0.15) is 5.75 Å². The second-order valence-corrected chi connectivity index (χ2v) is 4.97.